The van der Waals surface area contributed by atoms with Gasteiger partial charge >= 0.3 is 0 Å². The van der Waals surface area contributed by atoms with Crippen LogP contribution in [0.25, 0.3) is 0 Å². The van der Waals surface area contributed by atoms with Gasteiger partial charge in [-0.2, -0.15) is 0 Å². The molecule has 1 saturated heterocycles. The molecule has 1 aromatic heterocycles. The molecule has 1 aromatic carbocycles. The number of nitrogens with zero attached hydrogens (tertiary/aromatic N) is 1. The minimum absolute atomic E-state index is 0.137. The number of carbonyl (C=O) groups is 1. The minimum Gasteiger partial charge on any atom is -0.459 e. The van der Waals surface area contributed by atoms with Crippen LogP contribution in [0.4, 0.5) is 0 Å². The van der Waals surface area contributed by atoms with Gasteiger partial charge in [0.1, 0.15) is 0 Å². The van der Waals surface area contributed by atoms with Gasteiger partial charge in [-0.25, -0.2) is 0 Å². The number of amides is 1. The molecule has 1 unspecified atom stereocenters. The average Bonchev–Trinajstić information content (AvgIpc) is 3.16. The van der Waals surface area contributed by atoms with E-state index in [2.05, 4.69) is 36.2 Å². The Hall–Kier alpha value is -1.76. The number of carbonyl (C=O) groups excluding carboxylic acids is 1. The Balaban J connectivity index is 1.56. The van der Waals surface area contributed by atoms with Crippen molar-refractivity contribution in [2.24, 2.45) is 5.92 Å². The van der Waals surface area contributed by atoms with E-state index < -0.39 is 0 Å². The molecule has 1 amide bonds. The van der Waals surface area contributed by atoms with E-state index in [4.69, 9.17) is 9.15 Å². The van der Waals surface area contributed by atoms with Gasteiger partial charge in [0.2, 0.25) is 0 Å². The summed E-state index contributed by atoms with van der Waals surface area (Å²) in [6, 6.07) is 12.4. The second-order valence-corrected chi connectivity index (χ2v) is 8.10. The van der Waals surface area contributed by atoms with E-state index in [1.54, 1.807) is 18.0 Å². The van der Waals surface area contributed by atoms with Gasteiger partial charge in [-0.3, -0.25) is 9.69 Å². The zero-order valence-electron chi connectivity index (χ0n) is 16.0. The van der Waals surface area contributed by atoms with Gasteiger partial charge in [0.25, 0.3) is 5.91 Å². The summed E-state index contributed by atoms with van der Waals surface area (Å²) in [4.78, 5) is 16.3. The first-order chi connectivity index (χ1) is 13.1. The molecule has 1 atom stereocenters. The zero-order chi connectivity index (χ0) is 19.1. The third-order valence-electron chi connectivity index (χ3n) is 4.85. The Morgan fingerprint density at radius 3 is 2.63 bits per heavy atom. The number of hydrogen-bond donors (Lipinski definition) is 1. The molecule has 0 spiro atoms. The Labute approximate surface area is 165 Å². The van der Waals surface area contributed by atoms with E-state index >= 15 is 0 Å². The van der Waals surface area contributed by atoms with E-state index in [-0.39, 0.29) is 5.91 Å². The van der Waals surface area contributed by atoms with Crippen LogP contribution in [0.1, 0.15) is 30.0 Å². The normalized spacial score (nSPS) is 16.4. The molecular weight excluding hydrogens is 360 g/mol. The fourth-order valence-corrected chi connectivity index (χ4v) is 4.20. The fourth-order valence-electron chi connectivity index (χ4n) is 3.30. The van der Waals surface area contributed by atoms with E-state index in [1.807, 2.05) is 24.3 Å². The van der Waals surface area contributed by atoms with Crippen LogP contribution in [0, 0.1) is 5.92 Å². The highest BCUT2D eigenvalue weighted by atomic mass is 32.2. The third-order valence-corrected chi connectivity index (χ3v) is 5.91. The van der Waals surface area contributed by atoms with Crippen molar-refractivity contribution in [3.8, 4) is 0 Å². The van der Waals surface area contributed by atoms with Gasteiger partial charge in [-0.15, -0.1) is 11.8 Å². The summed E-state index contributed by atoms with van der Waals surface area (Å²) in [5.74, 6) is 1.44. The van der Waals surface area contributed by atoms with Gasteiger partial charge in [0.05, 0.1) is 19.5 Å². The van der Waals surface area contributed by atoms with Crippen molar-refractivity contribution in [2.45, 2.75) is 30.5 Å². The molecule has 2 aromatic rings. The molecule has 146 valence electrons. The van der Waals surface area contributed by atoms with Gasteiger partial charge in [0, 0.05) is 41.9 Å². The lowest BCUT2D eigenvalue weighted by molar-refractivity contribution is 0.00666. The molecule has 6 heteroatoms. The average molecular weight is 389 g/mol. The van der Waals surface area contributed by atoms with Gasteiger partial charge in [0.15, 0.2) is 5.76 Å². The maximum atomic E-state index is 12.7. The van der Waals surface area contributed by atoms with E-state index in [1.165, 1.54) is 4.90 Å². The lowest BCUT2D eigenvalue weighted by atomic mass is 10.0. The summed E-state index contributed by atoms with van der Waals surface area (Å²) in [7, 11) is 0. The first kappa shape index (κ1) is 20.0. The molecule has 0 radical (unpaired) electrons. The molecule has 3 rings (SSSR count). The van der Waals surface area contributed by atoms with Crippen LogP contribution in [0.3, 0.4) is 0 Å². The number of morpholine rings is 1. The lowest BCUT2D eigenvalue weighted by Gasteiger charge is -2.36. The second-order valence-electron chi connectivity index (χ2n) is 7.05. The van der Waals surface area contributed by atoms with Gasteiger partial charge in [-0.1, -0.05) is 32.0 Å². The number of benzene rings is 1. The van der Waals surface area contributed by atoms with Crippen LogP contribution in [-0.2, 0) is 10.5 Å². The predicted octanol–water partition coefficient (Wildman–Crippen LogP) is 3.66. The number of ether oxygens (including phenoxy) is 1. The Kier molecular flexibility index (Phi) is 7.38. The first-order valence-electron chi connectivity index (χ1n) is 9.49. The Bertz CT molecular complexity index is 711. The first-order valence-corrected chi connectivity index (χ1v) is 10.5. The van der Waals surface area contributed by atoms with E-state index in [0.29, 0.717) is 30.0 Å². The highest BCUT2D eigenvalue weighted by Crippen LogP contribution is 2.25. The molecule has 0 saturated carbocycles. The van der Waals surface area contributed by atoms with Crippen molar-refractivity contribution in [3.05, 3.63) is 54.0 Å². The number of rotatable bonds is 8. The van der Waals surface area contributed by atoms with Crippen LogP contribution in [-0.4, -0.2) is 49.7 Å². The lowest BCUT2D eigenvalue weighted by Crippen LogP contribution is -2.51. The van der Waals surface area contributed by atoms with Crippen molar-refractivity contribution < 1.29 is 13.9 Å². The largest absolute Gasteiger partial charge is 0.459 e. The molecule has 1 aliphatic rings. The Morgan fingerprint density at radius 2 is 1.93 bits per heavy atom. The third kappa shape index (κ3) is 5.61. The number of hydrogen-bond acceptors (Lipinski definition) is 5. The minimum atomic E-state index is -0.137. The molecule has 1 aliphatic heterocycles. The van der Waals surface area contributed by atoms with Crippen LogP contribution >= 0.6 is 11.8 Å². The SMILES string of the molecule is CC(C)C(CNC(=O)c1occc1CSc1ccccc1)N1CCOCC1. The summed E-state index contributed by atoms with van der Waals surface area (Å²) in [6.45, 7) is 8.36. The van der Waals surface area contributed by atoms with Crippen LogP contribution < -0.4 is 5.32 Å². The molecule has 5 nitrogen and oxygen atoms in total. The summed E-state index contributed by atoms with van der Waals surface area (Å²) in [6.07, 6.45) is 1.59. The second kappa shape index (κ2) is 9.97. The zero-order valence-corrected chi connectivity index (χ0v) is 16.8. The van der Waals surface area contributed by atoms with Crippen LogP contribution in [0.15, 0.2) is 52.0 Å². The van der Waals surface area contributed by atoms with Crippen molar-refractivity contribution in [1.29, 1.82) is 0 Å². The van der Waals surface area contributed by atoms with E-state index in [0.717, 1.165) is 31.9 Å². The summed E-state index contributed by atoms with van der Waals surface area (Å²) in [5.41, 5.74) is 0.925. The maximum Gasteiger partial charge on any atom is 0.287 e. The molecular formula is C21H28N2O3S. The molecule has 1 N–H and O–H groups in total. The molecule has 2 heterocycles. The van der Waals surface area contributed by atoms with Crippen molar-refractivity contribution in [2.75, 3.05) is 32.8 Å². The monoisotopic (exact) mass is 388 g/mol. The Morgan fingerprint density at radius 1 is 1.19 bits per heavy atom. The quantitative estimate of drug-likeness (QED) is 0.700. The maximum absolute atomic E-state index is 12.7. The van der Waals surface area contributed by atoms with Gasteiger partial charge < -0.3 is 14.5 Å². The predicted molar refractivity (Wildman–Crippen MR) is 108 cm³/mol. The summed E-state index contributed by atoms with van der Waals surface area (Å²) in [5, 5.41) is 3.08. The van der Waals surface area contributed by atoms with E-state index in [9.17, 15) is 4.79 Å². The fraction of sp³-hybridized carbons (Fsp3) is 0.476. The molecule has 1 fully saturated rings. The highest BCUT2D eigenvalue weighted by Gasteiger charge is 2.25. The van der Waals surface area contributed by atoms with Crippen LogP contribution in [0.2, 0.25) is 0 Å². The molecule has 0 aliphatic carbocycles. The van der Waals surface area contributed by atoms with Crippen molar-refractivity contribution in [1.82, 2.24) is 10.2 Å². The number of thioether (sulfide) groups is 1. The van der Waals surface area contributed by atoms with Crippen molar-refractivity contribution in [3.63, 3.8) is 0 Å². The molecule has 27 heavy (non-hydrogen) atoms. The summed E-state index contributed by atoms with van der Waals surface area (Å²) >= 11 is 1.70. The highest BCUT2D eigenvalue weighted by molar-refractivity contribution is 7.98. The number of nitrogens with one attached hydrogen (secondary N) is 1. The van der Waals surface area contributed by atoms with Crippen LogP contribution in [0.5, 0.6) is 0 Å². The number of furan rings is 1. The standard InChI is InChI=1S/C21H28N2O3S/c1-16(2)19(23-9-12-25-13-10-23)14-22-21(24)20-17(8-11-26-20)15-27-18-6-4-3-5-7-18/h3-8,11,16,19H,9-10,12-15H2,1-2H3,(H,22,24). The van der Waals surface area contributed by atoms with Gasteiger partial charge in [-0.05, 0) is 24.1 Å². The topological polar surface area (TPSA) is 54.7 Å². The molecule has 0 bridgehead atoms. The van der Waals surface area contributed by atoms with Crippen molar-refractivity contribution >= 4 is 17.7 Å². The smallest absolute Gasteiger partial charge is 0.287 e. The summed E-state index contributed by atoms with van der Waals surface area (Å²) < 4.78 is 10.9.